The first-order chi connectivity index (χ1) is 8.09. The highest BCUT2D eigenvalue weighted by molar-refractivity contribution is 5.46. The van der Waals surface area contributed by atoms with Gasteiger partial charge in [-0.15, -0.1) is 0 Å². The van der Waals surface area contributed by atoms with Crippen molar-refractivity contribution in [2.24, 2.45) is 11.7 Å². The Morgan fingerprint density at radius 1 is 1.41 bits per heavy atom. The average Bonchev–Trinajstić information content (AvgIpc) is 2.80. The summed E-state index contributed by atoms with van der Waals surface area (Å²) in [5, 5.41) is 20.4. The van der Waals surface area contributed by atoms with Crippen LogP contribution in [0.5, 0.6) is 5.75 Å². The summed E-state index contributed by atoms with van der Waals surface area (Å²) >= 11 is 0. The number of benzene rings is 1. The van der Waals surface area contributed by atoms with Crippen molar-refractivity contribution in [3.05, 3.63) is 33.9 Å². The van der Waals surface area contributed by atoms with Crippen LogP contribution in [0.25, 0.3) is 0 Å². The molecule has 0 heterocycles. The maximum absolute atomic E-state index is 10.9. The van der Waals surface area contributed by atoms with Crippen molar-refractivity contribution in [2.45, 2.75) is 31.7 Å². The van der Waals surface area contributed by atoms with Crippen LogP contribution in [-0.2, 0) is 0 Å². The van der Waals surface area contributed by atoms with Crippen LogP contribution < -0.4 is 5.73 Å². The Morgan fingerprint density at radius 3 is 2.65 bits per heavy atom. The highest BCUT2D eigenvalue weighted by Gasteiger charge is 2.28. The quantitative estimate of drug-likeness (QED) is 0.623. The van der Waals surface area contributed by atoms with E-state index in [2.05, 4.69) is 0 Å². The van der Waals surface area contributed by atoms with E-state index < -0.39 is 4.92 Å². The predicted molar refractivity (Wildman–Crippen MR) is 63.6 cm³/mol. The highest BCUT2D eigenvalue weighted by Crippen LogP contribution is 2.38. The zero-order valence-corrected chi connectivity index (χ0v) is 9.50. The van der Waals surface area contributed by atoms with Gasteiger partial charge in [0.15, 0.2) is 0 Å². The standard InChI is InChI=1S/C12H16N2O3/c13-12(8-3-1-2-4-8)10-7-9(15)5-6-11(10)14(16)17/h5-8,12,15H,1-4,13H2/t12-/m0/s1. The van der Waals surface area contributed by atoms with E-state index in [1.807, 2.05) is 0 Å². The van der Waals surface area contributed by atoms with Gasteiger partial charge in [-0.3, -0.25) is 10.1 Å². The summed E-state index contributed by atoms with van der Waals surface area (Å²) in [5.74, 6) is 0.314. The lowest BCUT2D eigenvalue weighted by Gasteiger charge is -2.19. The molecular formula is C12H16N2O3. The Balaban J connectivity index is 2.34. The molecule has 1 fully saturated rings. The van der Waals surface area contributed by atoms with E-state index in [1.54, 1.807) is 0 Å². The van der Waals surface area contributed by atoms with Crippen LogP contribution >= 0.6 is 0 Å². The summed E-state index contributed by atoms with van der Waals surface area (Å²) in [6.45, 7) is 0. The maximum Gasteiger partial charge on any atom is 0.274 e. The average molecular weight is 236 g/mol. The number of nitro benzene ring substituents is 1. The van der Waals surface area contributed by atoms with Crippen molar-refractivity contribution in [2.75, 3.05) is 0 Å². The molecule has 0 saturated heterocycles. The number of nitrogens with two attached hydrogens (primary N) is 1. The fourth-order valence-electron chi connectivity index (χ4n) is 2.55. The van der Waals surface area contributed by atoms with Gasteiger partial charge in [-0.25, -0.2) is 0 Å². The van der Waals surface area contributed by atoms with Crippen LogP contribution in [0.2, 0.25) is 0 Å². The second-order valence-electron chi connectivity index (χ2n) is 4.57. The van der Waals surface area contributed by atoms with Crippen LogP contribution in [0, 0.1) is 16.0 Å². The molecular weight excluding hydrogens is 220 g/mol. The van der Waals surface area contributed by atoms with Gasteiger partial charge in [-0.05, 0) is 30.9 Å². The molecule has 92 valence electrons. The SMILES string of the molecule is N[C@H](c1cc(O)ccc1[N+](=O)[O-])C1CCCC1. The molecule has 0 radical (unpaired) electrons. The number of nitro groups is 1. The fourth-order valence-corrected chi connectivity index (χ4v) is 2.55. The lowest BCUT2D eigenvalue weighted by molar-refractivity contribution is -0.385. The molecule has 0 unspecified atom stereocenters. The summed E-state index contributed by atoms with van der Waals surface area (Å²) < 4.78 is 0. The van der Waals surface area contributed by atoms with E-state index >= 15 is 0 Å². The van der Waals surface area contributed by atoms with Crippen LogP contribution in [0.4, 0.5) is 5.69 Å². The molecule has 1 saturated carbocycles. The monoisotopic (exact) mass is 236 g/mol. The van der Waals surface area contributed by atoms with E-state index in [1.165, 1.54) is 18.2 Å². The molecule has 0 spiro atoms. The normalized spacial score (nSPS) is 18.2. The molecule has 1 aliphatic rings. The van der Waals surface area contributed by atoms with E-state index in [0.29, 0.717) is 5.56 Å². The van der Waals surface area contributed by atoms with Crippen molar-refractivity contribution >= 4 is 5.69 Å². The zero-order chi connectivity index (χ0) is 12.4. The van der Waals surface area contributed by atoms with E-state index in [4.69, 9.17) is 5.73 Å². The Bertz CT molecular complexity index is 428. The Hall–Kier alpha value is -1.62. The molecule has 2 rings (SSSR count). The Kier molecular flexibility index (Phi) is 3.28. The number of phenols is 1. The van der Waals surface area contributed by atoms with Crippen LogP contribution in [0.15, 0.2) is 18.2 Å². The highest BCUT2D eigenvalue weighted by atomic mass is 16.6. The van der Waals surface area contributed by atoms with Gasteiger partial charge >= 0.3 is 0 Å². The summed E-state index contributed by atoms with van der Waals surface area (Å²) in [6, 6.07) is 3.70. The number of hydrogen-bond donors (Lipinski definition) is 2. The molecule has 5 nitrogen and oxygen atoms in total. The molecule has 0 bridgehead atoms. The minimum absolute atomic E-state index is 0.00204. The summed E-state index contributed by atoms with van der Waals surface area (Å²) in [5.41, 5.74) is 6.54. The van der Waals surface area contributed by atoms with Gasteiger partial charge in [0.2, 0.25) is 0 Å². The zero-order valence-electron chi connectivity index (χ0n) is 9.50. The Labute approximate surface area is 99.4 Å². The van der Waals surface area contributed by atoms with Gasteiger partial charge in [0.25, 0.3) is 5.69 Å². The van der Waals surface area contributed by atoms with Crippen LogP contribution in [0.1, 0.15) is 37.3 Å². The maximum atomic E-state index is 10.9. The molecule has 0 amide bonds. The molecule has 1 aromatic carbocycles. The minimum Gasteiger partial charge on any atom is -0.508 e. The smallest absolute Gasteiger partial charge is 0.274 e. The van der Waals surface area contributed by atoms with Crippen LogP contribution in [-0.4, -0.2) is 10.0 Å². The molecule has 0 aromatic heterocycles. The number of rotatable bonds is 3. The van der Waals surface area contributed by atoms with Crippen LogP contribution in [0.3, 0.4) is 0 Å². The number of nitrogens with zero attached hydrogens (tertiary/aromatic N) is 1. The first kappa shape index (κ1) is 11.9. The fraction of sp³-hybridized carbons (Fsp3) is 0.500. The minimum atomic E-state index is -0.441. The van der Waals surface area contributed by atoms with Crippen molar-refractivity contribution in [3.63, 3.8) is 0 Å². The third kappa shape index (κ3) is 2.39. The van der Waals surface area contributed by atoms with Gasteiger partial charge in [0.1, 0.15) is 5.75 Å². The molecule has 3 N–H and O–H groups in total. The summed E-state index contributed by atoms with van der Waals surface area (Å²) in [7, 11) is 0. The van der Waals surface area contributed by atoms with Gasteiger partial charge < -0.3 is 10.8 Å². The molecule has 0 aliphatic heterocycles. The largest absolute Gasteiger partial charge is 0.508 e. The van der Waals surface area contributed by atoms with E-state index in [-0.39, 0.29) is 23.4 Å². The summed E-state index contributed by atoms with van der Waals surface area (Å²) in [4.78, 5) is 10.5. The molecule has 1 atom stereocenters. The van der Waals surface area contributed by atoms with Crippen molar-refractivity contribution in [1.29, 1.82) is 0 Å². The second-order valence-corrected chi connectivity index (χ2v) is 4.57. The molecule has 1 aromatic rings. The predicted octanol–water partition coefficient (Wildman–Crippen LogP) is 2.49. The first-order valence-electron chi connectivity index (χ1n) is 5.82. The second kappa shape index (κ2) is 4.71. The third-order valence-corrected chi connectivity index (χ3v) is 3.47. The van der Waals surface area contributed by atoms with Crippen molar-refractivity contribution < 1.29 is 10.0 Å². The molecule has 1 aliphatic carbocycles. The van der Waals surface area contributed by atoms with Gasteiger partial charge in [-0.1, -0.05) is 12.8 Å². The molecule has 5 heteroatoms. The molecule has 17 heavy (non-hydrogen) atoms. The lowest BCUT2D eigenvalue weighted by atomic mass is 9.91. The van der Waals surface area contributed by atoms with Gasteiger partial charge in [0, 0.05) is 12.1 Å². The van der Waals surface area contributed by atoms with Crippen molar-refractivity contribution in [1.82, 2.24) is 0 Å². The van der Waals surface area contributed by atoms with E-state index in [9.17, 15) is 15.2 Å². The van der Waals surface area contributed by atoms with Gasteiger partial charge in [0.05, 0.1) is 10.5 Å². The lowest BCUT2D eigenvalue weighted by Crippen LogP contribution is -2.20. The topological polar surface area (TPSA) is 89.4 Å². The number of phenolic OH excluding ortho intramolecular Hbond substituents is 1. The van der Waals surface area contributed by atoms with E-state index in [0.717, 1.165) is 25.7 Å². The van der Waals surface area contributed by atoms with Crippen molar-refractivity contribution in [3.8, 4) is 5.75 Å². The Morgan fingerprint density at radius 2 is 2.06 bits per heavy atom. The first-order valence-corrected chi connectivity index (χ1v) is 5.82. The third-order valence-electron chi connectivity index (χ3n) is 3.47. The number of aromatic hydroxyl groups is 1. The van der Waals surface area contributed by atoms with Gasteiger partial charge in [-0.2, -0.15) is 0 Å². The summed E-state index contributed by atoms with van der Waals surface area (Å²) in [6.07, 6.45) is 4.28. The number of hydrogen-bond acceptors (Lipinski definition) is 4.